The predicted octanol–water partition coefficient (Wildman–Crippen LogP) is 2.64. The van der Waals surface area contributed by atoms with E-state index in [1.807, 2.05) is 31.2 Å². The highest BCUT2D eigenvalue weighted by molar-refractivity contribution is 8.17. The zero-order chi connectivity index (χ0) is 18.8. The van der Waals surface area contributed by atoms with Gasteiger partial charge < -0.3 is 15.2 Å². The smallest absolute Gasteiger partial charge is 0.338 e. The molecular weight excluding hydrogens is 352 g/mol. The second kappa shape index (κ2) is 7.14. The average molecular weight is 370 g/mol. The normalized spacial score (nSPS) is 19.1. The quantitative estimate of drug-likeness (QED) is 0.813. The number of esters is 1. The van der Waals surface area contributed by atoms with Gasteiger partial charge in [0.1, 0.15) is 22.5 Å². The fourth-order valence-electron chi connectivity index (χ4n) is 2.94. The van der Waals surface area contributed by atoms with Gasteiger partial charge in [-0.2, -0.15) is 5.26 Å². The number of nitrogens with zero attached hydrogens (tertiary/aromatic N) is 3. The molecular formula is C18H18N4O3S. The Balaban J connectivity index is 2.13. The monoisotopic (exact) mass is 370 g/mol. The second-order valence-electron chi connectivity index (χ2n) is 5.59. The molecule has 0 unspecified atom stereocenters. The standard InChI is InChI=1S/C18H18N4O3S/c1-4-25-12-7-5-11(6-8-12)15-14(17(23)24-3)10(2)21-18-22(15)16(20)13(9-19)26-18/h5-8,15H,4,20H2,1-3H3/t15-/m1/s1. The van der Waals surface area contributed by atoms with Crippen LogP contribution in [0.5, 0.6) is 5.75 Å². The molecule has 8 heteroatoms. The number of hydrogen-bond donors (Lipinski definition) is 1. The maximum absolute atomic E-state index is 12.4. The first-order valence-corrected chi connectivity index (χ1v) is 8.80. The van der Waals surface area contributed by atoms with Crippen molar-refractivity contribution in [1.29, 1.82) is 5.26 Å². The number of allylic oxidation sites excluding steroid dienone is 2. The van der Waals surface area contributed by atoms with Crippen LogP contribution in [0.1, 0.15) is 25.5 Å². The topological polar surface area (TPSA) is 101 Å². The number of nitrogens with two attached hydrogens (primary N) is 1. The highest BCUT2D eigenvalue weighted by Crippen LogP contribution is 2.45. The van der Waals surface area contributed by atoms with Gasteiger partial charge in [-0.15, -0.1) is 0 Å². The molecule has 1 aromatic rings. The van der Waals surface area contributed by atoms with Crippen molar-refractivity contribution in [3.63, 3.8) is 0 Å². The SMILES string of the molecule is CCOc1ccc([C@@H]2C(C(=O)OC)=C(C)N=C3SC(C#N)=C(N)N32)cc1. The number of hydrogen-bond acceptors (Lipinski definition) is 8. The van der Waals surface area contributed by atoms with Crippen LogP contribution in [0, 0.1) is 11.3 Å². The summed E-state index contributed by atoms with van der Waals surface area (Å²) >= 11 is 1.20. The number of carbonyl (C=O) groups is 1. The van der Waals surface area contributed by atoms with E-state index in [2.05, 4.69) is 11.1 Å². The number of methoxy groups -OCH3 is 1. The Labute approximate surface area is 155 Å². The summed E-state index contributed by atoms with van der Waals surface area (Å²) < 4.78 is 10.4. The Morgan fingerprint density at radius 2 is 2.12 bits per heavy atom. The van der Waals surface area contributed by atoms with Crippen LogP contribution in [0.3, 0.4) is 0 Å². The van der Waals surface area contributed by atoms with Crippen LogP contribution in [0.15, 0.2) is 51.3 Å². The maximum atomic E-state index is 12.4. The summed E-state index contributed by atoms with van der Waals surface area (Å²) in [6.07, 6.45) is 0. The molecule has 2 N–H and O–H groups in total. The third-order valence-electron chi connectivity index (χ3n) is 4.09. The fraction of sp³-hybridized carbons (Fsp3) is 0.278. The third kappa shape index (κ3) is 2.91. The molecule has 26 heavy (non-hydrogen) atoms. The maximum Gasteiger partial charge on any atom is 0.338 e. The minimum Gasteiger partial charge on any atom is -0.494 e. The molecule has 0 saturated heterocycles. The number of rotatable bonds is 4. The molecule has 2 aliphatic rings. The zero-order valence-electron chi connectivity index (χ0n) is 14.6. The molecule has 0 aromatic heterocycles. The highest BCUT2D eigenvalue weighted by atomic mass is 32.2. The Morgan fingerprint density at radius 3 is 2.69 bits per heavy atom. The lowest BCUT2D eigenvalue weighted by molar-refractivity contribution is -0.136. The van der Waals surface area contributed by atoms with Crippen molar-refractivity contribution in [2.75, 3.05) is 13.7 Å². The van der Waals surface area contributed by atoms with Gasteiger partial charge in [-0.05, 0) is 43.3 Å². The van der Waals surface area contributed by atoms with E-state index in [1.165, 1.54) is 18.9 Å². The van der Waals surface area contributed by atoms with E-state index in [0.29, 0.717) is 27.9 Å². The minimum absolute atomic E-state index is 0.282. The van der Waals surface area contributed by atoms with Gasteiger partial charge in [-0.3, -0.25) is 4.90 Å². The molecule has 1 atom stereocenters. The van der Waals surface area contributed by atoms with Crippen molar-refractivity contribution in [3.8, 4) is 11.8 Å². The molecule has 2 aliphatic heterocycles. The molecule has 0 saturated carbocycles. The first kappa shape index (κ1) is 17.9. The largest absolute Gasteiger partial charge is 0.494 e. The molecule has 0 amide bonds. The Hall–Kier alpha value is -2.92. The summed E-state index contributed by atoms with van der Waals surface area (Å²) in [7, 11) is 1.33. The van der Waals surface area contributed by atoms with Crippen molar-refractivity contribution in [2.24, 2.45) is 10.7 Å². The Kier molecular flexibility index (Phi) is 4.91. The molecule has 2 heterocycles. The molecule has 0 spiro atoms. The van der Waals surface area contributed by atoms with Crippen LogP contribution in [0.4, 0.5) is 0 Å². The van der Waals surface area contributed by atoms with Crippen LogP contribution in [-0.4, -0.2) is 29.8 Å². The molecule has 0 fully saturated rings. The highest BCUT2D eigenvalue weighted by Gasteiger charge is 2.42. The van der Waals surface area contributed by atoms with Crippen LogP contribution in [0.25, 0.3) is 0 Å². The molecule has 0 radical (unpaired) electrons. The van der Waals surface area contributed by atoms with E-state index in [-0.39, 0.29) is 5.82 Å². The summed E-state index contributed by atoms with van der Waals surface area (Å²) in [5, 5.41) is 9.88. The first-order valence-electron chi connectivity index (χ1n) is 7.99. The summed E-state index contributed by atoms with van der Waals surface area (Å²) in [6.45, 7) is 4.23. The molecule has 1 aromatic carbocycles. The summed E-state index contributed by atoms with van der Waals surface area (Å²) in [6, 6.07) is 8.97. The number of thioether (sulfide) groups is 1. The van der Waals surface area contributed by atoms with Crippen LogP contribution < -0.4 is 10.5 Å². The predicted molar refractivity (Wildman–Crippen MR) is 98.8 cm³/mol. The molecule has 3 rings (SSSR count). The molecule has 7 nitrogen and oxygen atoms in total. The lowest BCUT2D eigenvalue weighted by Gasteiger charge is -2.34. The van der Waals surface area contributed by atoms with E-state index in [4.69, 9.17) is 15.2 Å². The van der Waals surface area contributed by atoms with Crippen LogP contribution >= 0.6 is 11.8 Å². The Morgan fingerprint density at radius 1 is 1.42 bits per heavy atom. The second-order valence-corrected chi connectivity index (χ2v) is 6.57. The number of benzene rings is 1. The lowest BCUT2D eigenvalue weighted by Crippen LogP contribution is -2.38. The summed E-state index contributed by atoms with van der Waals surface area (Å²) in [4.78, 5) is 19.0. The number of fused-ring (bicyclic) bond motifs is 1. The summed E-state index contributed by atoms with van der Waals surface area (Å²) in [5.41, 5.74) is 7.94. The van der Waals surface area contributed by atoms with Gasteiger partial charge in [0.25, 0.3) is 0 Å². The number of aliphatic imine (C=N–C) groups is 1. The van der Waals surface area contributed by atoms with E-state index in [1.54, 1.807) is 11.8 Å². The minimum atomic E-state index is -0.524. The number of carbonyl (C=O) groups excluding carboxylic acids is 1. The van der Waals surface area contributed by atoms with E-state index in [9.17, 15) is 10.1 Å². The number of ether oxygens (including phenoxy) is 2. The van der Waals surface area contributed by atoms with Crippen molar-refractivity contribution in [3.05, 3.63) is 51.8 Å². The van der Waals surface area contributed by atoms with Crippen molar-refractivity contribution in [2.45, 2.75) is 19.9 Å². The first-order chi connectivity index (χ1) is 12.5. The average Bonchev–Trinajstić information content (AvgIpc) is 2.96. The zero-order valence-corrected chi connectivity index (χ0v) is 15.5. The van der Waals surface area contributed by atoms with Gasteiger partial charge in [0.2, 0.25) is 0 Å². The van der Waals surface area contributed by atoms with Gasteiger partial charge in [0.15, 0.2) is 5.17 Å². The van der Waals surface area contributed by atoms with Crippen LogP contribution in [0.2, 0.25) is 0 Å². The Bertz CT molecular complexity index is 881. The van der Waals surface area contributed by atoms with E-state index >= 15 is 0 Å². The van der Waals surface area contributed by atoms with Crippen molar-refractivity contribution >= 4 is 22.9 Å². The van der Waals surface area contributed by atoms with Crippen LogP contribution in [-0.2, 0) is 9.53 Å². The van der Waals surface area contributed by atoms with Crippen molar-refractivity contribution in [1.82, 2.24) is 4.90 Å². The van der Waals surface area contributed by atoms with Gasteiger partial charge in [0.05, 0.1) is 31.0 Å². The summed E-state index contributed by atoms with van der Waals surface area (Å²) in [5.74, 6) is 0.537. The van der Waals surface area contributed by atoms with Gasteiger partial charge in [-0.1, -0.05) is 12.1 Å². The molecule has 0 aliphatic carbocycles. The third-order valence-corrected chi connectivity index (χ3v) is 5.07. The number of amidine groups is 1. The van der Waals surface area contributed by atoms with Gasteiger partial charge in [0, 0.05) is 0 Å². The molecule has 134 valence electrons. The molecule has 0 bridgehead atoms. The lowest BCUT2D eigenvalue weighted by atomic mass is 9.94. The van der Waals surface area contributed by atoms with Crippen molar-refractivity contribution < 1.29 is 14.3 Å². The fourth-order valence-corrected chi connectivity index (χ4v) is 3.86. The number of nitriles is 1. The van der Waals surface area contributed by atoms with Gasteiger partial charge >= 0.3 is 5.97 Å². The van der Waals surface area contributed by atoms with E-state index in [0.717, 1.165) is 11.3 Å². The van der Waals surface area contributed by atoms with Gasteiger partial charge in [-0.25, -0.2) is 9.79 Å². The van der Waals surface area contributed by atoms with E-state index < -0.39 is 12.0 Å².